The molecule has 0 heterocycles. The Morgan fingerprint density at radius 1 is 1.15 bits per heavy atom. The molecule has 0 saturated heterocycles. The molecule has 1 aromatic carbocycles. The van der Waals surface area contributed by atoms with Crippen molar-refractivity contribution >= 4 is 31.9 Å². The van der Waals surface area contributed by atoms with Crippen LogP contribution in [-0.4, -0.2) is 6.54 Å². The Bertz CT molecular complexity index is 425. The van der Waals surface area contributed by atoms with Crippen molar-refractivity contribution in [2.45, 2.75) is 52.0 Å². The highest BCUT2D eigenvalue weighted by Crippen LogP contribution is 2.40. The first-order chi connectivity index (χ1) is 9.65. The topological polar surface area (TPSA) is 12.0 Å². The largest absolute Gasteiger partial charge is 0.310 e. The van der Waals surface area contributed by atoms with E-state index in [-0.39, 0.29) is 0 Å². The van der Waals surface area contributed by atoms with E-state index in [1.807, 2.05) is 0 Å². The van der Waals surface area contributed by atoms with E-state index in [1.54, 1.807) is 0 Å². The molecule has 0 amide bonds. The predicted octanol–water partition coefficient (Wildman–Crippen LogP) is 6.08. The zero-order valence-electron chi connectivity index (χ0n) is 12.5. The van der Waals surface area contributed by atoms with Crippen molar-refractivity contribution in [3.05, 3.63) is 32.7 Å². The van der Waals surface area contributed by atoms with E-state index < -0.39 is 0 Å². The van der Waals surface area contributed by atoms with Gasteiger partial charge < -0.3 is 5.32 Å². The van der Waals surface area contributed by atoms with Crippen LogP contribution in [0.2, 0.25) is 0 Å². The van der Waals surface area contributed by atoms with Gasteiger partial charge in [-0.05, 0) is 55.0 Å². The third-order valence-electron chi connectivity index (χ3n) is 4.66. The normalized spacial score (nSPS) is 24.6. The van der Waals surface area contributed by atoms with Gasteiger partial charge in [-0.25, -0.2) is 0 Å². The van der Waals surface area contributed by atoms with Crippen molar-refractivity contribution in [1.29, 1.82) is 0 Å². The second kappa shape index (κ2) is 7.95. The van der Waals surface area contributed by atoms with E-state index in [1.165, 1.54) is 46.6 Å². The highest BCUT2D eigenvalue weighted by Gasteiger charge is 2.28. The molecule has 1 nitrogen and oxygen atoms in total. The van der Waals surface area contributed by atoms with E-state index in [4.69, 9.17) is 0 Å². The van der Waals surface area contributed by atoms with Crippen molar-refractivity contribution in [2.24, 2.45) is 11.8 Å². The highest BCUT2D eigenvalue weighted by atomic mass is 79.9. The first kappa shape index (κ1) is 16.5. The number of benzene rings is 1. The van der Waals surface area contributed by atoms with Crippen LogP contribution in [0, 0.1) is 11.8 Å². The van der Waals surface area contributed by atoms with Gasteiger partial charge in [0.15, 0.2) is 0 Å². The van der Waals surface area contributed by atoms with Crippen LogP contribution >= 0.6 is 31.9 Å². The molecule has 1 atom stereocenters. The molecule has 112 valence electrons. The van der Waals surface area contributed by atoms with Crippen LogP contribution in [0.25, 0.3) is 0 Å². The minimum atomic E-state index is 0.477. The van der Waals surface area contributed by atoms with Crippen molar-refractivity contribution in [1.82, 2.24) is 5.32 Å². The minimum Gasteiger partial charge on any atom is -0.310 e. The monoisotopic (exact) mass is 401 g/mol. The number of halogens is 2. The fraction of sp³-hybridized carbons (Fsp3) is 0.647. The SMILES string of the molecule is CCNC(c1cc(Br)ccc1Br)C1CCC(CC)CC1. The van der Waals surface area contributed by atoms with Crippen LogP contribution in [0.1, 0.15) is 57.6 Å². The third kappa shape index (κ3) is 4.08. The van der Waals surface area contributed by atoms with E-state index in [2.05, 4.69) is 69.2 Å². The highest BCUT2D eigenvalue weighted by molar-refractivity contribution is 9.11. The molecule has 0 bridgehead atoms. The lowest BCUT2D eigenvalue weighted by Crippen LogP contribution is -2.31. The Kier molecular flexibility index (Phi) is 6.57. The fourth-order valence-electron chi connectivity index (χ4n) is 3.43. The molecule has 0 aromatic heterocycles. The molecule has 1 aliphatic carbocycles. The van der Waals surface area contributed by atoms with Crippen LogP contribution in [0.15, 0.2) is 27.1 Å². The van der Waals surface area contributed by atoms with Gasteiger partial charge in [0.2, 0.25) is 0 Å². The van der Waals surface area contributed by atoms with Gasteiger partial charge in [0.25, 0.3) is 0 Å². The van der Waals surface area contributed by atoms with Gasteiger partial charge in [-0.2, -0.15) is 0 Å². The summed E-state index contributed by atoms with van der Waals surface area (Å²) in [5, 5.41) is 3.72. The molecule has 1 unspecified atom stereocenters. The lowest BCUT2D eigenvalue weighted by Gasteiger charge is -2.35. The van der Waals surface area contributed by atoms with Gasteiger partial charge in [0.05, 0.1) is 0 Å². The Labute approximate surface area is 140 Å². The van der Waals surface area contributed by atoms with Gasteiger partial charge in [0, 0.05) is 15.0 Å². The van der Waals surface area contributed by atoms with Gasteiger partial charge in [-0.15, -0.1) is 0 Å². The molecule has 20 heavy (non-hydrogen) atoms. The smallest absolute Gasteiger partial charge is 0.0360 e. The maximum absolute atomic E-state index is 3.73. The number of nitrogens with one attached hydrogen (secondary N) is 1. The zero-order chi connectivity index (χ0) is 14.5. The summed E-state index contributed by atoms with van der Waals surface area (Å²) in [4.78, 5) is 0. The van der Waals surface area contributed by atoms with Gasteiger partial charge >= 0.3 is 0 Å². The first-order valence-electron chi connectivity index (χ1n) is 7.84. The summed E-state index contributed by atoms with van der Waals surface area (Å²) in [6.07, 6.45) is 6.85. The molecule has 1 aromatic rings. The Morgan fingerprint density at radius 3 is 2.45 bits per heavy atom. The van der Waals surface area contributed by atoms with Gasteiger partial charge in [-0.1, -0.05) is 65.0 Å². The number of hydrogen-bond donors (Lipinski definition) is 1. The van der Waals surface area contributed by atoms with E-state index in [9.17, 15) is 0 Å². The molecule has 1 N–H and O–H groups in total. The average Bonchev–Trinajstić information content (AvgIpc) is 2.48. The fourth-order valence-corrected chi connectivity index (χ4v) is 4.31. The molecule has 0 radical (unpaired) electrons. The van der Waals surface area contributed by atoms with Crippen LogP contribution in [0.4, 0.5) is 0 Å². The first-order valence-corrected chi connectivity index (χ1v) is 9.42. The molecular weight excluding hydrogens is 378 g/mol. The summed E-state index contributed by atoms with van der Waals surface area (Å²) in [6, 6.07) is 7.00. The molecule has 1 aliphatic rings. The van der Waals surface area contributed by atoms with Crippen LogP contribution in [0.3, 0.4) is 0 Å². The molecule has 0 aliphatic heterocycles. The molecule has 1 fully saturated rings. The minimum absolute atomic E-state index is 0.477. The summed E-state index contributed by atoms with van der Waals surface area (Å²) in [6.45, 7) is 5.56. The molecule has 2 rings (SSSR count). The maximum atomic E-state index is 3.73. The second-order valence-electron chi connectivity index (χ2n) is 5.89. The maximum Gasteiger partial charge on any atom is 0.0360 e. The zero-order valence-corrected chi connectivity index (χ0v) is 15.6. The van der Waals surface area contributed by atoms with E-state index >= 15 is 0 Å². The third-order valence-corrected chi connectivity index (χ3v) is 5.87. The summed E-state index contributed by atoms with van der Waals surface area (Å²) in [5.41, 5.74) is 1.40. The molecule has 3 heteroatoms. The second-order valence-corrected chi connectivity index (χ2v) is 7.66. The van der Waals surface area contributed by atoms with Crippen LogP contribution < -0.4 is 5.32 Å². The quantitative estimate of drug-likeness (QED) is 0.629. The summed E-state index contributed by atoms with van der Waals surface area (Å²) < 4.78 is 2.39. The van der Waals surface area contributed by atoms with Gasteiger partial charge in [-0.3, -0.25) is 0 Å². The number of hydrogen-bond acceptors (Lipinski definition) is 1. The molecule has 0 spiro atoms. The summed E-state index contributed by atoms with van der Waals surface area (Å²) in [5.74, 6) is 1.72. The number of rotatable bonds is 5. The van der Waals surface area contributed by atoms with E-state index in [0.717, 1.165) is 18.4 Å². The predicted molar refractivity (Wildman–Crippen MR) is 94.0 cm³/mol. The van der Waals surface area contributed by atoms with Crippen molar-refractivity contribution < 1.29 is 0 Å². The van der Waals surface area contributed by atoms with Crippen LogP contribution in [0.5, 0.6) is 0 Å². The van der Waals surface area contributed by atoms with Crippen molar-refractivity contribution in [3.63, 3.8) is 0 Å². The van der Waals surface area contributed by atoms with Crippen molar-refractivity contribution in [2.75, 3.05) is 6.54 Å². The lowest BCUT2D eigenvalue weighted by atomic mass is 9.76. The Hall–Kier alpha value is 0.140. The summed E-state index contributed by atoms with van der Waals surface area (Å²) >= 11 is 7.34. The lowest BCUT2D eigenvalue weighted by molar-refractivity contribution is 0.219. The Morgan fingerprint density at radius 2 is 1.85 bits per heavy atom. The van der Waals surface area contributed by atoms with Crippen molar-refractivity contribution in [3.8, 4) is 0 Å². The average molecular weight is 403 g/mol. The summed E-state index contributed by atoms with van der Waals surface area (Å²) in [7, 11) is 0. The van der Waals surface area contributed by atoms with Gasteiger partial charge in [0.1, 0.15) is 0 Å². The standard InChI is InChI=1S/C17H25Br2N/c1-3-12-5-7-13(8-6-12)17(20-4-2)15-11-14(18)9-10-16(15)19/h9-13,17,20H,3-8H2,1-2H3. The molecule has 1 saturated carbocycles. The van der Waals surface area contributed by atoms with Crippen LogP contribution in [-0.2, 0) is 0 Å². The molecular formula is C17H25Br2N. The van der Waals surface area contributed by atoms with E-state index in [0.29, 0.717) is 6.04 Å². The Balaban J connectivity index is 2.16.